The van der Waals surface area contributed by atoms with Crippen molar-refractivity contribution in [3.63, 3.8) is 0 Å². The fourth-order valence-corrected chi connectivity index (χ4v) is 3.04. The summed E-state index contributed by atoms with van der Waals surface area (Å²) in [4.78, 5) is 35.2. The highest BCUT2D eigenvalue weighted by Gasteiger charge is 2.42. The van der Waals surface area contributed by atoms with Crippen molar-refractivity contribution in [2.24, 2.45) is 0 Å². The number of amides is 2. The lowest BCUT2D eigenvalue weighted by Gasteiger charge is -2.41. The average Bonchev–Trinajstić information content (AvgIpc) is 2.90. The number of carbonyl (C=O) groups excluding carboxylic acids is 2. The fraction of sp³-hybridized carbons (Fsp3) is 0.385. The van der Waals surface area contributed by atoms with Crippen molar-refractivity contribution in [2.45, 2.75) is 19.4 Å². The van der Waals surface area contributed by atoms with Gasteiger partial charge in [-0.05, 0) is 25.3 Å². The number of nitrogens with zero attached hydrogens (tertiary/aromatic N) is 3. The topological polar surface area (TPSA) is 87.2 Å². The Hall–Kier alpha value is -2.22. The Balaban J connectivity index is 2.20. The minimum atomic E-state index is -0.859. The van der Waals surface area contributed by atoms with Crippen LogP contribution in [0.15, 0.2) is 11.4 Å². The molecule has 3 rings (SSSR count). The van der Waals surface area contributed by atoms with Gasteiger partial charge in [0, 0.05) is 7.05 Å². The number of carbonyl (C=O) groups is 2. The van der Waals surface area contributed by atoms with E-state index in [1.165, 1.54) is 11.3 Å². The molecule has 0 spiro atoms. The largest absolute Gasteiger partial charge is 0.357 e. The lowest BCUT2D eigenvalue weighted by Crippen LogP contribution is -2.64. The number of thiophene rings is 1. The van der Waals surface area contributed by atoms with E-state index in [4.69, 9.17) is 0 Å². The molecule has 0 unspecified atom stereocenters. The van der Waals surface area contributed by atoms with Gasteiger partial charge in [-0.2, -0.15) is 4.98 Å². The van der Waals surface area contributed by atoms with Crippen LogP contribution < -0.4 is 15.5 Å². The highest BCUT2D eigenvalue weighted by Crippen LogP contribution is 2.33. The van der Waals surface area contributed by atoms with Gasteiger partial charge < -0.3 is 10.2 Å². The summed E-state index contributed by atoms with van der Waals surface area (Å²) in [5, 5.41) is 8.03. The molecule has 3 heterocycles. The molecule has 8 heteroatoms. The predicted octanol–water partition coefficient (Wildman–Crippen LogP) is 0.974. The first-order valence-corrected chi connectivity index (χ1v) is 7.36. The van der Waals surface area contributed by atoms with Crippen LogP contribution in [0.4, 0.5) is 11.8 Å². The standard InChI is InChI=1S/C13H15N5O2S/c1-13(2)11(20)15-8(19)6-18(13)9-7-4-5-21-10(7)17-12(14-3)16-9/h4-5H,6H2,1-3H3,(H,14,16,17)(H,15,19,20). The molecule has 1 aliphatic heterocycles. The second-order valence-electron chi connectivity index (χ2n) is 5.28. The molecule has 0 bridgehead atoms. The van der Waals surface area contributed by atoms with E-state index in [0.29, 0.717) is 11.8 Å². The van der Waals surface area contributed by atoms with Crippen LogP contribution in [0.1, 0.15) is 13.8 Å². The summed E-state index contributed by atoms with van der Waals surface area (Å²) in [6, 6.07) is 1.90. The molecule has 1 aliphatic rings. The summed E-state index contributed by atoms with van der Waals surface area (Å²) in [5.74, 6) is 0.409. The zero-order valence-corrected chi connectivity index (χ0v) is 12.7. The van der Waals surface area contributed by atoms with Crippen LogP contribution in [0.3, 0.4) is 0 Å². The van der Waals surface area contributed by atoms with E-state index in [1.54, 1.807) is 25.8 Å². The molecule has 2 N–H and O–H groups in total. The van der Waals surface area contributed by atoms with Gasteiger partial charge in [-0.1, -0.05) is 0 Å². The van der Waals surface area contributed by atoms with Gasteiger partial charge in [0.05, 0.1) is 11.9 Å². The minimum Gasteiger partial charge on any atom is -0.357 e. The Morgan fingerprint density at radius 1 is 1.38 bits per heavy atom. The van der Waals surface area contributed by atoms with Crippen LogP contribution in [0, 0.1) is 0 Å². The Kier molecular flexibility index (Phi) is 3.05. The summed E-state index contributed by atoms with van der Waals surface area (Å²) < 4.78 is 0. The SMILES string of the molecule is CNc1nc(N2CC(=O)NC(=O)C2(C)C)c2ccsc2n1. The molecule has 21 heavy (non-hydrogen) atoms. The Morgan fingerprint density at radius 2 is 2.14 bits per heavy atom. The quantitative estimate of drug-likeness (QED) is 0.804. The van der Waals surface area contributed by atoms with Crippen molar-refractivity contribution in [3.8, 4) is 0 Å². The van der Waals surface area contributed by atoms with Crippen molar-refractivity contribution < 1.29 is 9.59 Å². The zero-order valence-electron chi connectivity index (χ0n) is 11.9. The van der Waals surface area contributed by atoms with Crippen molar-refractivity contribution in [1.29, 1.82) is 0 Å². The van der Waals surface area contributed by atoms with Crippen LogP contribution >= 0.6 is 11.3 Å². The van der Waals surface area contributed by atoms with Gasteiger partial charge in [-0.15, -0.1) is 11.3 Å². The summed E-state index contributed by atoms with van der Waals surface area (Å²) in [6.45, 7) is 3.63. The first-order chi connectivity index (χ1) is 9.93. The fourth-order valence-electron chi connectivity index (χ4n) is 2.28. The molecule has 110 valence electrons. The lowest BCUT2D eigenvalue weighted by molar-refractivity contribution is -0.135. The Labute approximate surface area is 125 Å². The second-order valence-corrected chi connectivity index (χ2v) is 6.18. The number of hydrogen-bond donors (Lipinski definition) is 2. The average molecular weight is 305 g/mol. The van der Waals surface area contributed by atoms with Crippen molar-refractivity contribution in [3.05, 3.63) is 11.4 Å². The number of imide groups is 1. The molecule has 2 aromatic heterocycles. The third-order valence-corrected chi connectivity index (χ3v) is 4.38. The number of fused-ring (bicyclic) bond motifs is 1. The predicted molar refractivity (Wildman–Crippen MR) is 81.5 cm³/mol. The number of anilines is 2. The number of piperazine rings is 1. The van der Waals surface area contributed by atoms with E-state index in [2.05, 4.69) is 20.6 Å². The first kappa shape index (κ1) is 13.7. The van der Waals surface area contributed by atoms with Crippen molar-refractivity contribution in [2.75, 3.05) is 23.8 Å². The minimum absolute atomic E-state index is 0.0872. The summed E-state index contributed by atoms with van der Waals surface area (Å²) >= 11 is 1.49. The Morgan fingerprint density at radius 3 is 2.86 bits per heavy atom. The third-order valence-electron chi connectivity index (χ3n) is 3.57. The highest BCUT2D eigenvalue weighted by atomic mass is 32.1. The van der Waals surface area contributed by atoms with Gasteiger partial charge in [0.1, 0.15) is 16.2 Å². The number of hydrogen-bond acceptors (Lipinski definition) is 7. The van der Waals surface area contributed by atoms with Gasteiger partial charge in [0.2, 0.25) is 11.9 Å². The molecule has 0 aromatic carbocycles. The summed E-state index contributed by atoms with van der Waals surface area (Å²) in [6.07, 6.45) is 0. The molecule has 0 aliphatic carbocycles. The van der Waals surface area contributed by atoms with Crippen LogP contribution in [0.2, 0.25) is 0 Å². The summed E-state index contributed by atoms with van der Waals surface area (Å²) in [5.41, 5.74) is -0.859. The van der Waals surface area contributed by atoms with Crippen molar-refractivity contribution >= 4 is 45.1 Å². The molecule has 2 aromatic rings. The highest BCUT2D eigenvalue weighted by molar-refractivity contribution is 7.16. The maximum atomic E-state index is 12.1. The van der Waals surface area contributed by atoms with E-state index >= 15 is 0 Å². The van der Waals surface area contributed by atoms with Crippen molar-refractivity contribution in [1.82, 2.24) is 15.3 Å². The molecule has 0 saturated carbocycles. The normalized spacial score (nSPS) is 18.0. The molecule has 7 nitrogen and oxygen atoms in total. The first-order valence-electron chi connectivity index (χ1n) is 6.48. The zero-order chi connectivity index (χ0) is 15.2. The van der Waals surface area contributed by atoms with Gasteiger partial charge >= 0.3 is 0 Å². The summed E-state index contributed by atoms with van der Waals surface area (Å²) in [7, 11) is 1.73. The molecular weight excluding hydrogens is 290 g/mol. The van der Waals surface area contributed by atoms with E-state index in [9.17, 15) is 9.59 Å². The molecular formula is C13H15N5O2S. The third kappa shape index (κ3) is 2.11. The van der Waals surface area contributed by atoms with Gasteiger partial charge in [-0.3, -0.25) is 14.9 Å². The number of nitrogens with one attached hydrogen (secondary N) is 2. The van der Waals surface area contributed by atoms with Gasteiger partial charge in [0.25, 0.3) is 5.91 Å². The Bertz CT molecular complexity index is 739. The lowest BCUT2D eigenvalue weighted by atomic mass is 9.98. The van der Waals surface area contributed by atoms with Gasteiger partial charge in [0.15, 0.2) is 0 Å². The van der Waals surface area contributed by atoms with Crippen LogP contribution in [0.25, 0.3) is 10.2 Å². The maximum absolute atomic E-state index is 12.1. The van der Waals surface area contributed by atoms with E-state index in [-0.39, 0.29) is 18.4 Å². The molecule has 2 amide bonds. The molecule has 0 radical (unpaired) electrons. The monoisotopic (exact) mass is 305 g/mol. The van der Waals surface area contributed by atoms with E-state index in [1.807, 2.05) is 11.4 Å². The van der Waals surface area contributed by atoms with Crippen LogP contribution in [-0.2, 0) is 9.59 Å². The molecule has 1 fully saturated rings. The smallest absolute Gasteiger partial charge is 0.251 e. The van der Waals surface area contributed by atoms with Crippen LogP contribution in [-0.4, -0.2) is 40.9 Å². The molecule has 1 saturated heterocycles. The van der Waals surface area contributed by atoms with E-state index < -0.39 is 5.54 Å². The van der Waals surface area contributed by atoms with Crippen LogP contribution in [0.5, 0.6) is 0 Å². The van der Waals surface area contributed by atoms with E-state index in [0.717, 1.165) is 10.2 Å². The maximum Gasteiger partial charge on any atom is 0.251 e. The number of rotatable bonds is 2. The molecule has 0 atom stereocenters. The second kappa shape index (κ2) is 4.66. The number of aromatic nitrogens is 2. The van der Waals surface area contributed by atoms with Gasteiger partial charge in [-0.25, -0.2) is 4.98 Å².